The van der Waals surface area contributed by atoms with Crippen LogP contribution in [0.3, 0.4) is 0 Å². The van der Waals surface area contributed by atoms with Crippen molar-refractivity contribution in [1.29, 1.82) is 0 Å². The second-order valence-corrected chi connectivity index (χ2v) is 7.32. The van der Waals surface area contributed by atoms with Crippen LogP contribution in [0, 0.1) is 0 Å². The molecule has 0 atom stereocenters. The first-order valence-corrected chi connectivity index (χ1v) is 7.59. The molecule has 0 spiro atoms. The summed E-state index contributed by atoms with van der Waals surface area (Å²) in [6.45, 7) is 6.90. The largest absolute Gasteiger partial charge is 0.469 e. The molecule has 0 aromatic carbocycles. The van der Waals surface area contributed by atoms with Crippen molar-refractivity contribution < 1.29 is 23.4 Å². The van der Waals surface area contributed by atoms with Gasteiger partial charge in [-0.1, -0.05) is 13.3 Å². The molecule has 0 saturated carbocycles. The van der Waals surface area contributed by atoms with Crippen molar-refractivity contribution in [3.63, 3.8) is 0 Å². The Hall–Kier alpha value is 0.0300. The van der Waals surface area contributed by atoms with Crippen molar-refractivity contribution in [3.05, 3.63) is 0 Å². The number of nitrogens with two attached hydrogens (primary N) is 1. The van der Waals surface area contributed by atoms with E-state index in [1.54, 1.807) is 0 Å². The number of rotatable bonds is 6. The summed E-state index contributed by atoms with van der Waals surface area (Å²) in [5.74, 6) is 0. The molecular weight excluding hydrogens is 255 g/mol. The molecule has 0 unspecified atom stereocenters. The van der Waals surface area contributed by atoms with Gasteiger partial charge in [-0.25, -0.2) is 4.57 Å². The van der Waals surface area contributed by atoms with Gasteiger partial charge in [-0.2, -0.15) is 0 Å². The van der Waals surface area contributed by atoms with Gasteiger partial charge in [-0.05, 0) is 20.3 Å². The Bertz CT molecular complexity index is 253. The topological polar surface area (TPSA) is 92.8 Å². The standard InChI is InChI=1S/C6H15N.C5H14NO4P/c1-4-5-6(2,3)7;1-6(2,3)4-5-10-11(7,8)9/h4-5,7H2,1-3H3;4-5H2,1-3H3,(H-,7,8,9)/p+1. The zero-order valence-electron chi connectivity index (χ0n) is 12.5. The first-order chi connectivity index (χ1) is 7.77. The Kier molecular flexibility index (Phi) is 9.33. The van der Waals surface area contributed by atoms with Gasteiger partial charge in [0.05, 0.1) is 21.1 Å². The Labute approximate surface area is 111 Å². The molecule has 0 aromatic heterocycles. The van der Waals surface area contributed by atoms with Crippen molar-refractivity contribution in [2.75, 3.05) is 34.3 Å². The maximum atomic E-state index is 10.2. The fraction of sp³-hybridized carbons (Fsp3) is 1.00. The molecule has 0 aliphatic rings. The highest BCUT2D eigenvalue weighted by atomic mass is 31.2. The highest BCUT2D eigenvalue weighted by Crippen LogP contribution is 2.35. The van der Waals surface area contributed by atoms with Crippen LogP contribution in [0.2, 0.25) is 0 Å². The van der Waals surface area contributed by atoms with Crippen molar-refractivity contribution in [2.24, 2.45) is 5.73 Å². The average Bonchev–Trinajstić information content (AvgIpc) is 1.96. The van der Waals surface area contributed by atoms with Gasteiger partial charge in [0.2, 0.25) is 0 Å². The van der Waals surface area contributed by atoms with Crippen molar-refractivity contribution in [1.82, 2.24) is 0 Å². The number of hydrogen-bond donors (Lipinski definition) is 3. The molecule has 0 aromatic rings. The predicted molar refractivity (Wildman–Crippen MR) is 74.1 cm³/mol. The summed E-state index contributed by atoms with van der Waals surface area (Å²) < 4.78 is 15.1. The molecule has 6 nitrogen and oxygen atoms in total. The summed E-state index contributed by atoms with van der Waals surface area (Å²) in [6, 6.07) is 0. The number of nitrogens with zero attached hydrogens (tertiary/aromatic N) is 1. The predicted octanol–water partition coefficient (Wildman–Crippen LogP) is 1.33. The van der Waals surface area contributed by atoms with Crippen LogP contribution < -0.4 is 5.73 Å². The smallest absolute Gasteiger partial charge is 0.329 e. The van der Waals surface area contributed by atoms with E-state index in [1.165, 1.54) is 6.42 Å². The molecule has 0 bridgehead atoms. The van der Waals surface area contributed by atoms with Gasteiger partial charge in [0.15, 0.2) is 0 Å². The quantitative estimate of drug-likeness (QED) is 0.505. The Morgan fingerprint density at radius 3 is 1.89 bits per heavy atom. The summed E-state index contributed by atoms with van der Waals surface area (Å²) in [5.41, 5.74) is 5.70. The number of phosphoric ester groups is 1. The number of phosphoric acid groups is 1. The molecule has 0 aliphatic carbocycles. The second kappa shape index (κ2) is 8.25. The van der Waals surface area contributed by atoms with Gasteiger partial charge >= 0.3 is 7.82 Å². The maximum absolute atomic E-state index is 10.2. The van der Waals surface area contributed by atoms with Gasteiger partial charge in [0, 0.05) is 5.54 Å². The van der Waals surface area contributed by atoms with E-state index in [2.05, 4.69) is 25.3 Å². The molecule has 18 heavy (non-hydrogen) atoms. The minimum Gasteiger partial charge on any atom is -0.329 e. The minimum atomic E-state index is -4.26. The number of likely N-dealkylation sites (N-methyl/N-ethyl adjacent to an activating group) is 1. The summed E-state index contributed by atoms with van der Waals surface area (Å²) >= 11 is 0. The summed E-state index contributed by atoms with van der Waals surface area (Å²) in [4.78, 5) is 16.6. The van der Waals surface area contributed by atoms with Crippen LogP contribution in [0.25, 0.3) is 0 Å². The normalized spacial score (nSPS) is 12.9. The lowest BCUT2D eigenvalue weighted by Crippen LogP contribution is -2.37. The highest BCUT2D eigenvalue weighted by molar-refractivity contribution is 7.46. The highest BCUT2D eigenvalue weighted by Gasteiger charge is 2.15. The van der Waals surface area contributed by atoms with Crippen LogP contribution >= 0.6 is 7.82 Å². The van der Waals surface area contributed by atoms with E-state index in [-0.39, 0.29) is 12.1 Å². The molecule has 0 aliphatic heterocycles. The van der Waals surface area contributed by atoms with E-state index in [4.69, 9.17) is 15.5 Å². The SMILES string of the molecule is CCCC(C)(C)N.C[N+](C)(C)CCOP(=O)(O)O. The Morgan fingerprint density at radius 1 is 1.28 bits per heavy atom. The van der Waals surface area contributed by atoms with E-state index in [0.29, 0.717) is 11.0 Å². The molecule has 0 fully saturated rings. The number of quaternary nitrogens is 1. The Morgan fingerprint density at radius 2 is 1.72 bits per heavy atom. The molecule has 4 N–H and O–H groups in total. The lowest BCUT2D eigenvalue weighted by Gasteiger charge is -2.23. The van der Waals surface area contributed by atoms with Crippen LogP contribution in [0.4, 0.5) is 0 Å². The van der Waals surface area contributed by atoms with Crippen molar-refractivity contribution in [2.45, 2.75) is 39.2 Å². The Balaban J connectivity index is 0. The zero-order chi connectivity index (χ0) is 15.0. The van der Waals surface area contributed by atoms with Gasteiger partial charge < -0.3 is 20.0 Å². The summed E-state index contributed by atoms with van der Waals surface area (Å²) in [6.07, 6.45) is 2.30. The van der Waals surface area contributed by atoms with Gasteiger partial charge in [-0.15, -0.1) is 0 Å². The van der Waals surface area contributed by atoms with Gasteiger partial charge in [0.25, 0.3) is 0 Å². The fourth-order valence-corrected chi connectivity index (χ4v) is 1.40. The van der Waals surface area contributed by atoms with Crippen LogP contribution in [0.1, 0.15) is 33.6 Å². The van der Waals surface area contributed by atoms with Crippen LogP contribution in [-0.4, -0.2) is 54.1 Å². The lowest BCUT2D eigenvalue weighted by atomic mass is 10.0. The van der Waals surface area contributed by atoms with Crippen molar-refractivity contribution >= 4 is 7.82 Å². The maximum Gasteiger partial charge on any atom is 0.469 e. The molecule has 0 rings (SSSR count). The van der Waals surface area contributed by atoms with Crippen molar-refractivity contribution in [3.8, 4) is 0 Å². The van der Waals surface area contributed by atoms with E-state index >= 15 is 0 Å². The summed E-state index contributed by atoms with van der Waals surface area (Å²) in [7, 11) is 1.50. The monoisotopic (exact) mass is 285 g/mol. The average molecular weight is 285 g/mol. The van der Waals surface area contributed by atoms with Crippen LogP contribution in [0.5, 0.6) is 0 Å². The third-order valence-corrected chi connectivity index (χ3v) is 2.43. The zero-order valence-corrected chi connectivity index (χ0v) is 13.4. The van der Waals surface area contributed by atoms with E-state index in [9.17, 15) is 4.57 Å². The van der Waals surface area contributed by atoms with E-state index < -0.39 is 7.82 Å². The first kappa shape index (κ1) is 20.3. The second-order valence-electron chi connectivity index (χ2n) is 6.08. The lowest BCUT2D eigenvalue weighted by molar-refractivity contribution is -0.870. The minimum absolute atomic E-state index is 0.0503. The fourth-order valence-electron chi connectivity index (χ4n) is 1.08. The molecule has 7 heteroatoms. The molecular formula is C11H30N2O4P+. The molecule has 0 radical (unpaired) electrons. The van der Waals surface area contributed by atoms with E-state index in [1.807, 2.05) is 21.1 Å². The van der Waals surface area contributed by atoms with Gasteiger partial charge in [-0.3, -0.25) is 4.52 Å². The first-order valence-electron chi connectivity index (χ1n) is 6.06. The van der Waals surface area contributed by atoms with Crippen LogP contribution in [0.15, 0.2) is 0 Å². The molecule has 0 amide bonds. The van der Waals surface area contributed by atoms with Gasteiger partial charge in [0.1, 0.15) is 13.2 Å². The summed E-state index contributed by atoms with van der Waals surface area (Å²) in [5, 5.41) is 0. The molecule has 112 valence electrons. The number of hydrogen-bond acceptors (Lipinski definition) is 3. The third kappa shape index (κ3) is 25.0. The third-order valence-electron chi connectivity index (χ3n) is 1.92. The van der Waals surface area contributed by atoms with Crippen LogP contribution in [-0.2, 0) is 9.09 Å². The molecule has 0 saturated heterocycles. The molecule has 0 heterocycles. The van der Waals surface area contributed by atoms with E-state index in [0.717, 1.165) is 6.42 Å².